The molecule has 9 N–H and O–H groups in total. The van der Waals surface area contributed by atoms with Crippen LogP contribution in [-0.4, -0.2) is 187 Å². The van der Waals surface area contributed by atoms with Crippen molar-refractivity contribution in [1.82, 2.24) is 41.7 Å². The summed E-state index contributed by atoms with van der Waals surface area (Å²) in [5.41, 5.74) is 4.37. The number of allylic oxidation sites excluding steroid dienone is 4. The Morgan fingerprint density at radius 1 is 0.835 bits per heavy atom. The molecule has 0 aromatic heterocycles. The second-order valence-corrected chi connectivity index (χ2v) is 23.4. The number of unbranched alkanes of at least 4 members (excludes halogenated alkanes) is 1. The number of methoxy groups -OCH3 is 1. The minimum absolute atomic E-state index is 0.00627. The Bertz CT molecular complexity index is 3920. The minimum atomic E-state index is -5.27. The molecule has 9 rings (SSSR count). The summed E-state index contributed by atoms with van der Waals surface area (Å²) in [6.07, 6.45) is 5.74. The number of halogens is 4. The Morgan fingerprint density at radius 2 is 1.56 bits per heavy atom. The number of aliphatic imine (C=N–C) groups is 1. The first-order valence-electron chi connectivity index (χ1n) is 30.8. The number of aliphatic carboxylic acids is 1. The smallest absolute Gasteiger partial charge is 0.423 e. The van der Waals surface area contributed by atoms with E-state index >= 15 is 0 Å². The van der Waals surface area contributed by atoms with Crippen LogP contribution in [-0.2, 0) is 52.7 Å². The summed E-state index contributed by atoms with van der Waals surface area (Å²) >= 11 is 6.42. The number of phenolic OH excluding ortho intramolecular Hbond substituents is 1. The van der Waals surface area contributed by atoms with Gasteiger partial charge in [0.25, 0.3) is 23.6 Å². The number of hydrogen-bond donors (Lipinski definition) is 9. The summed E-state index contributed by atoms with van der Waals surface area (Å²) in [4.78, 5) is 150. The van der Waals surface area contributed by atoms with Crippen LogP contribution in [0, 0.1) is 12.8 Å². The van der Waals surface area contributed by atoms with Gasteiger partial charge in [-0.15, -0.1) is 11.6 Å². The van der Waals surface area contributed by atoms with Gasteiger partial charge in [0.1, 0.15) is 24.6 Å². The Morgan fingerprint density at radius 3 is 2.25 bits per heavy atom. The number of aryl methyl sites for hydroxylation is 1. The highest BCUT2D eigenvalue weighted by Gasteiger charge is 2.47. The van der Waals surface area contributed by atoms with E-state index in [2.05, 4.69) is 36.9 Å². The number of carbonyl (C=O) groups is 11. The summed E-state index contributed by atoms with van der Waals surface area (Å²) in [5.74, 6) is -9.22. The number of amides is 10. The number of carbonyl (C=O) groups excluding carboxylic acids is 10. The fraction of sp³-hybridized carbons (Fsp3) is 0.364. The van der Waals surface area contributed by atoms with Crippen molar-refractivity contribution < 1.29 is 90.3 Å². The topological polar surface area (TPSA) is 362 Å². The highest BCUT2D eigenvalue weighted by molar-refractivity contribution is 6.19. The molecule has 0 radical (unpaired) electrons. The Labute approximate surface area is 557 Å². The van der Waals surface area contributed by atoms with Gasteiger partial charge in [0.2, 0.25) is 41.5 Å². The first-order chi connectivity index (χ1) is 46.4. The van der Waals surface area contributed by atoms with Gasteiger partial charge in [-0.2, -0.15) is 13.2 Å². The number of imide groups is 1. The number of alkyl halides is 4. The SMILES string of the molecule is COc1cc2c(cc1OCCCCC(=O)N1CC(CCl)c3c1cc(O)c1cccc(C)c31)N=C[C@@H]1CC(c3ccc(NC(=O)C(OCNC(=O)CNC(=O)[C@H](CC4C=CC=CC4)NC(=O)CNC(=O)CNC(=O)C(CNCC(=O)O)N4C(=O)C=CC4=O)C(F)(F)F)cc3)=CN1C2=O. The summed E-state index contributed by atoms with van der Waals surface area (Å²) < 4.78 is 59.4. The van der Waals surface area contributed by atoms with Crippen molar-refractivity contribution in [2.75, 3.05) is 75.8 Å². The van der Waals surface area contributed by atoms with Crippen LogP contribution in [0.15, 0.2) is 108 Å². The van der Waals surface area contributed by atoms with Gasteiger partial charge in [-0.05, 0) is 84.4 Å². The Hall–Kier alpha value is -10.5. The van der Waals surface area contributed by atoms with Gasteiger partial charge in [0.05, 0.1) is 62.9 Å². The average Bonchev–Trinajstić information content (AvgIpc) is 1.63. The molecule has 97 heavy (non-hydrogen) atoms. The van der Waals surface area contributed by atoms with E-state index in [1.165, 1.54) is 30.2 Å². The quantitative estimate of drug-likeness (QED) is 0.0154. The number of ether oxygens (including phenoxy) is 3. The number of benzene rings is 4. The number of nitrogens with zero attached hydrogens (tertiary/aromatic N) is 4. The van der Waals surface area contributed by atoms with Crippen molar-refractivity contribution in [2.24, 2.45) is 10.9 Å². The van der Waals surface area contributed by atoms with Crippen molar-refractivity contribution in [3.63, 3.8) is 0 Å². The van der Waals surface area contributed by atoms with Gasteiger partial charge in [0.15, 0.2) is 11.5 Å². The van der Waals surface area contributed by atoms with E-state index in [0.29, 0.717) is 76.7 Å². The van der Waals surface area contributed by atoms with Gasteiger partial charge in [-0.3, -0.25) is 62.6 Å². The second-order valence-electron chi connectivity index (χ2n) is 23.1. The van der Waals surface area contributed by atoms with Crippen molar-refractivity contribution in [3.8, 4) is 17.2 Å². The maximum absolute atomic E-state index is 14.3. The number of hydrogen-bond acceptors (Lipinski definition) is 17. The summed E-state index contributed by atoms with van der Waals surface area (Å²) in [6.45, 7) is -1.94. The number of fused-ring (bicyclic) bond motifs is 5. The van der Waals surface area contributed by atoms with Crippen LogP contribution in [0.1, 0.15) is 71.5 Å². The predicted octanol–water partition coefficient (Wildman–Crippen LogP) is 4.04. The molecule has 27 nitrogen and oxygen atoms in total. The van der Waals surface area contributed by atoms with Crippen LogP contribution in [0.2, 0.25) is 0 Å². The molecule has 4 unspecified atom stereocenters. The molecule has 4 heterocycles. The molecule has 6 atom stereocenters. The lowest BCUT2D eigenvalue weighted by Gasteiger charge is -2.25. The molecular formula is C66H69ClF3N11O16. The third-order valence-corrected chi connectivity index (χ3v) is 16.8. The lowest BCUT2D eigenvalue weighted by atomic mass is 9.92. The van der Waals surface area contributed by atoms with E-state index in [9.17, 15) is 71.0 Å². The first kappa shape index (κ1) is 70.8. The lowest BCUT2D eigenvalue weighted by Crippen LogP contribution is -2.56. The zero-order valence-corrected chi connectivity index (χ0v) is 53.1. The van der Waals surface area contributed by atoms with Crippen LogP contribution in [0.3, 0.4) is 0 Å². The van der Waals surface area contributed by atoms with Crippen molar-refractivity contribution in [1.29, 1.82) is 0 Å². The third-order valence-electron chi connectivity index (χ3n) is 16.4. The summed E-state index contributed by atoms with van der Waals surface area (Å²) in [7, 11) is 1.43. The van der Waals surface area contributed by atoms with Crippen molar-refractivity contribution in [3.05, 3.63) is 126 Å². The summed E-state index contributed by atoms with van der Waals surface area (Å²) in [5, 5.41) is 37.3. The highest BCUT2D eigenvalue weighted by atomic mass is 35.5. The number of anilines is 2. The highest BCUT2D eigenvalue weighted by Crippen LogP contribution is 2.47. The molecule has 512 valence electrons. The van der Waals surface area contributed by atoms with Gasteiger partial charge < -0.3 is 71.4 Å². The van der Waals surface area contributed by atoms with E-state index in [1.54, 1.807) is 65.9 Å². The molecule has 10 amide bonds. The third kappa shape index (κ3) is 17.5. The zero-order valence-electron chi connectivity index (χ0n) is 52.4. The minimum Gasteiger partial charge on any atom is -0.507 e. The predicted molar refractivity (Wildman–Crippen MR) is 345 cm³/mol. The molecule has 1 aliphatic carbocycles. The van der Waals surface area contributed by atoms with Crippen LogP contribution >= 0.6 is 11.6 Å². The number of rotatable bonds is 30. The molecule has 0 spiro atoms. The first-order valence-corrected chi connectivity index (χ1v) is 31.3. The van der Waals surface area contributed by atoms with Gasteiger partial charge in [0, 0.05) is 85.5 Å². The largest absolute Gasteiger partial charge is 0.507 e. The van der Waals surface area contributed by atoms with Crippen LogP contribution < -0.4 is 51.6 Å². The van der Waals surface area contributed by atoms with Gasteiger partial charge in [-0.25, -0.2) is 0 Å². The number of carboxylic acid groups (broad SMARTS) is 1. The molecule has 0 saturated carbocycles. The molecule has 4 aromatic rings. The van der Waals surface area contributed by atoms with Crippen LogP contribution in [0.4, 0.5) is 30.2 Å². The van der Waals surface area contributed by atoms with E-state index in [-0.39, 0.29) is 59.9 Å². The maximum Gasteiger partial charge on any atom is 0.423 e. The molecule has 4 aromatic carbocycles. The molecule has 0 fully saturated rings. The Kier molecular flexibility index (Phi) is 23.3. The fourth-order valence-electron chi connectivity index (χ4n) is 11.6. The molecule has 5 aliphatic rings. The van der Waals surface area contributed by atoms with E-state index in [4.69, 9.17) is 30.9 Å². The molecule has 0 bridgehead atoms. The van der Waals surface area contributed by atoms with Gasteiger partial charge >= 0.3 is 12.1 Å². The zero-order chi connectivity index (χ0) is 69.7. The number of nitrogens with one attached hydrogen (secondary N) is 7. The van der Waals surface area contributed by atoms with E-state index < -0.39 is 129 Å². The van der Waals surface area contributed by atoms with E-state index in [1.807, 2.05) is 30.4 Å². The standard InChI is InChI=1S/C66H69ClF3N11O16/c1-36-9-8-12-43-49(82)25-47-60(59(36)43)40(26-67)34-80(47)55(86)13-6-7-20-96-51-24-45-44(23-50(51)95-2)65(94)79-33-39(22-42(79)27-72-45)38-14-16-41(17-15-38)77-64(93)61(66(68,69)70)97-35-76-53(84)30-74-62(91)46(21-37-10-4-3-5-11-37)78-54(85)31-73-52(83)29-75-63(92)48(28-71-32-58(89)90)81-56(87)18-19-57(81)88/h3-5,8-10,12,14-19,23-25,27,33,37,40,42,46,48,61,71,82H,6-7,11,13,20-22,26,28-32,34-35H2,1-2H3,(H,73,83)(H,74,91)(H,75,92)(H,76,84)(H,77,93)(H,78,85)(H,89,90)/t37?,40?,42-,46-,48?,61?/m0/s1. The molecule has 0 saturated heterocycles. The number of phenols is 1. The Balaban J connectivity index is 0.715. The normalized spacial score (nSPS) is 17.7. The maximum atomic E-state index is 14.3. The second kappa shape index (κ2) is 31.9. The number of carboxylic acids is 1. The van der Waals surface area contributed by atoms with Crippen molar-refractivity contribution >= 4 is 116 Å². The van der Waals surface area contributed by atoms with Crippen LogP contribution in [0.25, 0.3) is 16.3 Å². The van der Waals surface area contributed by atoms with Crippen molar-refractivity contribution in [2.45, 2.75) is 81.8 Å². The molecular weight excluding hydrogens is 1300 g/mol. The molecule has 31 heteroatoms. The van der Waals surface area contributed by atoms with Crippen LogP contribution in [0.5, 0.6) is 17.2 Å². The van der Waals surface area contributed by atoms with Gasteiger partial charge in [-0.1, -0.05) is 54.6 Å². The lowest BCUT2D eigenvalue weighted by molar-refractivity contribution is -0.217. The molecule has 4 aliphatic heterocycles. The number of aromatic hydroxyl groups is 1. The fourth-order valence-corrected chi connectivity index (χ4v) is 11.9. The summed E-state index contributed by atoms with van der Waals surface area (Å²) in [6, 6.07) is 12.9. The average molecular weight is 1360 g/mol. The monoisotopic (exact) mass is 1360 g/mol. The van der Waals surface area contributed by atoms with E-state index in [0.717, 1.165) is 28.7 Å².